The number of rotatable bonds is 5. The Labute approximate surface area is 169 Å². The van der Waals surface area contributed by atoms with Crippen molar-refractivity contribution in [3.8, 4) is 11.1 Å². The molecule has 5 nitrogen and oxygen atoms in total. The smallest absolute Gasteiger partial charge is 0.360 e. The van der Waals surface area contributed by atoms with E-state index in [1.807, 2.05) is 60.7 Å². The van der Waals surface area contributed by atoms with Crippen LogP contribution in [0, 0.1) is 0 Å². The van der Waals surface area contributed by atoms with Crippen molar-refractivity contribution in [3.63, 3.8) is 0 Å². The van der Waals surface area contributed by atoms with E-state index in [-0.39, 0.29) is 11.3 Å². The van der Waals surface area contributed by atoms with Gasteiger partial charge in [0.1, 0.15) is 0 Å². The number of aryl methyl sites for hydroxylation is 1. The Bertz CT molecular complexity index is 1260. The molecule has 6 heteroatoms. The molecule has 0 unspecified atom stereocenters. The number of fused-ring (bicyclic) bond motifs is 3. The molecule has 3 aromatic carbocycles. The minimum Gasteiger partial charge on any atom is -0.360 e. The maximum absolute atomic E-state index is 13.2. The molecule has 0 N–H and O–H groups in total. The number of sulfone groups is 1. The number of Topliss-reactive ketones (excluding diaryl/α,β-unsaturated/α-hetero) is 1. The van der Waals surface area contributed by atoms with Crippen LogP contribution in [0.4, 0.5) is 0 Å². The van der Waals surface area contributed by atoms with E-state index in [9.17, 15) is 18.7 Å². The van der Waals surface area contributed by atoms with Crippen LogP contribution < -0.4 is 0 Å². The molecule has 0 amide bonds. The van der Waals surface area contributed by atoms with Crippen LogP contribution in [0.2, 0.25) is 0 Å². The van der Waals surface area contributed by atoms with Crippen molar-refractivity contribution in [2.45, 2.75) is 24.2 Å². The normalized spacial score (nSPS) is 12.0. The molecule has 0 saturated carbocycles. The van der Waals surface area contributed by atoms with Crippen LogP contribution in [0.25, 0.3) is 16.7 Å². The molecule has 1 aliphatic carbocycles. The lowest BCUT2D eigenvalue weighted by Crippen LogP contribution is -2.27. The van der Waals surface area contributed by atoms with Crippen LogP contribution in [0.15, 0.2) is 77.7 Å². The second-order valence-corrected chi connectivity index (χ2v) is 8.77. The third-order valence-corrected chi connectivity index (χ3v) is 6.94. The third kappa shape index (κ3) is 3.44. The Morgan fingerprint density at radius 3 is 2.34 bits per heavy atom. The monoisotopic (exact) mass is 402 g/mol. The number of hydrogen-bond acceptors (Lipinski definition) is 3. The fourth-order valence-corrected chi connectivity index (χ4v) is 5.23. The maximum atomic E-state index is 13.2. The second-order valence-electron chi connectivity index (χ2n) is 6.93. The van der Waals surface area contributed by atoms with Crippen LogP contribution in [0.3, 0.4) is 0 Å². The first kappa shape index (κ1) is 19.0. The number of ketones is 1. The summed E-state index contributed by atoms with van der Waals surface area (Å²) in [5.74, 6) is -0.704. The molecule has 0 bridgehead atoms. The summed E-state index contributed by atoms with van der Waals surface area (Å²) in [6, 6.07) is 22.0. The van der Waals surface area contributed by atoms with Crippen molar-refractivity contribution in [2.24, 2.45) is 0 Å². The van der Waals surface area contributed by atoms with Gasteiger partial charge in [-0.2, -0.15) is 0 Å². The Balaban J connectivity index is 1.66. The Kier molecular flexibility index (Phi) is 4.97. The van der Waals surface area contributed by atoms with Crippen LogP contribution in [0.1, 0.15) is 23.1 Å². The van der Waals surface area contributed by atoms with E-state index in [1.54, 1.807) is 6.07 Å². The molecule has 4 rings (SSSR count). The zero-order chi connectivity index (χ0) is 20.4. The lowest BCUT2D eigenvalue weighted by Gasteiger charge is -2.07. The number of hydrogen-bond donors (Lipinski definition) is 0. The lowest BCUT2D eigenvalue weighted by atomic mass is 10.1. The highest BCUT2D eigenvalue weighted by molar-refractivity contribution is 8.08. The molecular formula is C23H18N2O3S. The Hall–Kier alpha value is -3.34. The number of carbonyl (C=O) groups is 1. The summed E-state index contributed by atoms with van der Waals surface area (Å²) in [7, 11) is -4.25. The van der Waals surface area contributed by atoms with Gasteiger partial charge in [0.2, 0.25) is 0 Å². The van der Waals surface area contributed by atoms with Gasteiger partial charge in [-0.05, 0) is 46.7 Å². The van der Waals surface area contributed by atoms with Gasteiger partial charge < -0.3 is 5.53 Å². The molecule has 0 heterocycles. The maximum Gasteiger partial charge on any atom is 0.451 e. The lowest BCUT2D eigenvalue weighted by molar-refractivity contribution is -0.116. The SMILES string of the molecule is [N-]=[N+]=C(C(=O)CCc1ccccc1)S(=O)(=O)c1cccc2c1Cc1ccccc1-2. The Morgan fingerprint density at radius 2 is 1.59 bits per heavy atom. The van der Waals surface area contributed by atoms with Gasteiger partial charge in [-0.1, -0.05) is 66.7 Å². The van der Waals surface area contributed by atoms with Crippen molar-refractivity contribution >= 4 is 20.7 Å². The highest BCUT2D eigenvalue weighted by atomic mass is 32.2. The highest BCUT2D eigenvalue weighted by Gasteiger charge is 2.39. The largest absolute Gasteiger partial charge is 0.451 e. The molecular weight excluding hydrogens is 384 g/mol. The van der Waals surface area contributed by atoms with Gasteiger partial charge in [0.25, 0.3) is 15.6 Å². The summed E-state index contributed by atoms with van der Waals surface area (Å²) in [5.41, 5.74) is 13.8. The molecule has 144 valence electrons. The van der Waals surface area contributed by atoms with Crippen LogP contribution >= 0.6 is 0 Å². The predicted octanol–water partition coefficient (Wildman–Crippen LogP) is 3.86. The Morgan fingerprint density at radius 1 is 0.897 bits per heavy atom. The van der Waals surface area contributed by atoms with Crippen LogP contribution in [-0.2, 0) is 27.5 Å². The van der Waals surface area contributed by atoms with Gasteiger partial charge in [0.05, 0.1) is 4.90 Å². The molecule has 29 heavy (non-hydrogen) atoms. The molecule has 0 aromatic heterocycles. The predicted molar refractivity (Wildman–Crippen MR) is 110 cm³/mol. The van der Waals surface area contributed by atoms with Gasteiger partial charge in [0.15, 0.2) is 0 Å². The molecule has 0 spiro atoms. The van der Waals surface area contributed by atoms with E-state index in [2.05, 4.69) is 4.79 Å². The first-order chi connectivity index (χ1) is 14.0. The highest BCUT2D eigenvalue weighted by Crippen LogP contribution is 2.39. The molecule has 0 fully saturated rings. The van der Waals surface area contributed by atoms with E-state index >= 15 is 0 Å². The van der Waals surface area contributed by atoms with Gasteiger partial charge in [-0.15, -0.1) is 4.79 Å². The summed E-state index contributed by atoms with van der Waals surface area (Å²) in [5, 5.41) is -0.808. The third-order valence-electron chi connectivity index (χ3n) is 5.16. The summed E-state index contributed by atoms with van der Waals surface area (Å²) >= 11 is 0. The minimum absolute atomic E-state index is 0.0204. The first-order valence-electron chi connectivity index (χ1n) is 9.27. The summed E-state index contributed by atoms with van der Waals surface area (Å²) in [6.07, 6.45) is 0.766. The zero-order valence-corrected chi connectivity index (χ0v) is 16.4. The average Bonchev–Trinajstić information content (AvgIpc) is 3.12. The van der Waals surface area contributed by atoms with E-state index in [1.165, 1.54) is 6.07 Å². The quantitative estimate of drug-likeness (QED) is 0.220. The van der Waals surface area contributed by atoms with E-state index in [0.29, 0.717) is 18.4 Å². The minimum atomic E-state index is -4.25. The summed E-state index contributed by atoms with van der Waals surface area (Å²) in [4.78, 5) is 15.5. The molecule has 0 saturated heterocycles. The van der Waals surface area contributed by atoms with Crippen molar-refractivity contribution < 1.29 is 18.0 Å². The summed E-state index contributed by atoms with van der Waals surface area (Å²) in [6.45, 7) is 0. The molecule has 0 aliphatic heterocycles. The van der Waals surface area contributed by atoms with Crippen molar-refractivity contribution in [2.75, 3.05) is 0 Å². The number of nitrogens with zero attached hydrogens (tertiary/aromatic N) is 2. The topological polar surface area (TPSA) is 87.6 Å². The van der Waals surface area contributed by atoms with Crippen molar-refractivity contribution in [1.29, 1.82) is 0 Å². The standard InChI is InChI=1S/C23H18N2O3S/c24-25-23(21(26)14-13-16-7-2-1-3-8-16)29(27,28)22-12-6-11-19-18-10-5-4-9-17(18)15-20(19)22/h1-12H,13-15H2. The second kappa shape index (κ2) is 7.59. The first-order valence-corrected chi connectivity index (χ1v) is 10.7. The van der Waals surface area contributed by atoms with E-state index < -0.39 is 20.7 Å². The molecule has 3 aromatic rings. The van der Waals surface area contributed by atoms with E-state index in [0.717, 1.165) is 22.3 Å². The van der Waals surface area contributed by atoms with Gasteiger partial charge in [-0.25, -0.2) is 8.42 Å². The van der Waals surface area contributed by atoms with Crippen LogP contribution in [0.5, 0.6) is 0 Å². The average molecular weight is 402 g/mol. The zero-order valence-electron chi connectivity index (χ0n) is 15.6. The molecule has 0 radical (unpaired) electrons. The molecule has 1 aliphatic rings. The molecule has 0 atom stereocenters. The van der Waals surface area contributed by atoms with Gasteiger partial charge >= 0.3 is 5.04 Å². The fourth-order valence-electron chi connectivity index (χ4n) is 3.75. The van der Waals surface area contributed by atoms with Gasteiger partial charge in [-0.3, -0.25) is 4.79 Å². The fraction of sp³-hybridized carbons (Fsp3) is 0.130. The number of carbonyl (C=O) groups excluding carboxylic acids is 1. The van der Waals surface area contributed by atoms with E-state index in [4.69, 9.17) is 0 Å². The van der Waals surface area contributed by atoms with Crippen molar-refractivity contribution in [1.82, 2.24) is 0 Å². The van der Waals surface area contributed by atoms with Gasteiger partial charge in [0, 0.05) is 6.42 Å². The van der Waals surface area contributed by atoms with Crippen LogP contribution in [-0.4, -0.2) is 24.0 Å². The van der Waals surface area contributed by atoms with Crippen molar-refractivity contribution in [3.05, 3.63) is 95.0 Å². The summed E-state index contributed by atoms with van der Waals surface area (Å²) < 4.78 is 26.4. The number of benzene rings is 3.